The maximum atomic E-state index is 12.2. The Kier molecular flexibility index (Phi) is 7.13. The van der Waals surface area contributed by atoms with Crippen molar-refractivity contribution in [3.05, 3.63) is 33.7 Å². The smallest absolute Gasteiger partial charge is 0.492 e. The minimum Gasteiger partial charge on any atom is -0.496 e. The van der Waals surface area contributed by atoms with Gasteiger partial charge >= 0.3 is 13.2 Å². The maximum absolute atomic E-state index is 12.2. The Morgan fingerprint density at radius 1 is 1.21 bits per heavy atom. The average Bonchev–Trinajstić information content (AvgIpc) is 2.79. The van der Waals surface area contributed by atoms with E-state index < -0.39 is 30.0 Å². The van der Waals surface area contributed by atoms with Gasteiger partial charge in [0.2, 0.25) is 0 Å². The number of nitrogens with one attached hydrogen (secondary N) is 1. The van der Waals surface area contributed by atoms with Gasteiger partial charge in [-0.1, -0.05) is 12.1 Å². The molecule has 1 amide bonds. The molecule has 2 rings (SSSR count). The van der Waals surface area contributed by atoms with Gasteiger partial charge in [0.1, 0.15) is 11.4 Å². The van der Waals surface area contributed by atoms with Crippen LogP contribution in [-0.4, -0.2) is 43.7 Å². The number of rotatable bonds is 5. The van der Waals surface area contributed by atoms with Gasteiger partial charge < -0.3 is 24.1 Å². The Morgan fingerprint density at radius 2 is 1.79 bits per heavy atom. The Labute approximate surface area is 182 Å². The van der Waals surface area contributed by atoms with Gasteiger partial charge in [0.05, 0.1) is 22.8 Å². The van der Waals surface area contributed by atoms with Gasteiger partial charge in [-0.2, -0.15) is 0 Å². The van der Waals surface area contributed by atoms with Crippen LogP contribution in [-0.2, 0) is 14.0 Å². The third kappa shape index (κ3) is 6.23. The monoisotopic (exact) mass is 467 g/mol. The van der Waals surface area contributed by atoms with E-state index in [0.717, 1.165) is 15.5 Å². The van der Waals surface area contributed by atoms with E-state index in [-0.39, 0.29) is 6.54 Å². The Balaban J connectivity index is 2.30. The molecular formula is C21H31BBrNO5. The number of carbonyl (C=O) groups excluding carboxylic acids is 1. The predicted molar refractivity (Wildman–Crippen MR) is 119 cm³/mol. The predicted octanol–water partition coefficient (Wildman–Crippen LogP) is 5.00. The number of hydrogen-bond acceptors (Lipinski definition) is 5. The van der Waals surface area contributed by atoms with Gasteiger partial charge in [0.15, 0.2) is 0 Å². The van der Waals surface area contributed by atoms with Crippen LogP contribution in [0, 0.1) is 0 Å². The van der Waals surface area contributed by atoms with Crippen molar-refractivity contribution >= 4 is 35.2 Å². The zero-order chi connectivity index (χ0) is 22.0. The lowest BCUT2D eigenvalue weighted by atomic mass is 9.77. The average molecular weight is 468 g/mol. The van der Waals surface area contributed by atoms with Crippen molar-refractivity contribution in [3.8, 4) is 5.75 Å². The molecule has 0 unspecified atom stereocenters. The molecule has 160 valence electrons. The van der Waals surface area contributed by atoms with Gasteiger partial charge in [-0.25, -0.2) is 4.79 Å². The van der Waals surface area contributed by atoms with E-state index in [4.69, 9.17) is 18.8 Å². The molecule has 1 aromatic rings. The lowest BCUT2D eigenvalue weighted by molar-refractivity contribution is 0.00578. The molecule has 0 aliphatic carbocycles. The van der Waals surface area contributed by atoms with Gasteiger partial charge in [-0.05, 0) is 87.6 Å². The van der Waals surface area contributed by atoms with E-state index in [1.165, 1.54) is 0 Å². The van der Waals surface area contributed by atoms with Crippen LogP contribution in [0.3, 0.4) is 0 Å². The number of ether oxygens (including phenoxy) is 2. The van der Waals surface area contributed by atoms with Gasteiger partial charge in [-0.3, -0.25) is 0 Å². The molecule has 29 heavy (non-hydrogen) atoms. The summed E-state index contributed by atoms with van der Waals surface area (Å²) in [5.74, 6) is 0.715. The molecule has 0 atom stereocenters. The second kappa shape index (κ2) is 8.70. The maximum Gasteiger partial charge on any atom is 0.492 e. The second-order valence-electron chi connectivity index (χ2n) is 9.06. The molecule has 0 saturated carbocycles. The quantitative estimate of drug-likeness (QED) is 0.617. The molecule has 0 spiro atoms. The van der Waals surface area contributed by atoms with Crippen LogP contribution in [0.4, 0.5) is 4.79 Å². The van der Waals surface area contributed by atoms with Crippen LogP contribution >= 0.6 is 15.9 Å². The molecule has 1 fully saturated rings. The van der Waals surface area contributed by atoms with E-state index in [1.807, 2.05) is 72.7 Å². The molecule has 1 heterocycles. The van der Waals surface area contributed by atoms with Crippen LogP contribution in [0.15, 0.2) is 28.1 Å². The minimum atomic E-state index is -0.593. The van der Waals surface area contributed by atoms with E-state index in [9.17, 15) is 4.79 Å². The van der Waals surface area contributed by atoms with Crippen molar-refractivity contribution in [1.29, 1.82) is 0 Å². The van der Waals surface area contributed by atoms with E-state index in [1.54, 1.807) is 7.11 Å². The summed E-state index contributed by atoms with van der Waals surface area (Å²) in [6.07, 6.45) is 1.45. The number of amides is 1. The highest BCUT2D eigenvalue weighted by Gasteiger charge is 2.52. The zero-order valence-electron chi connectivity index (χ0n) is 18.5. The molecule has 0 aromatic heterocycles. The molecule has 1 aliphatic rings. The molecule has 1 aliphatic heterocycles. The van der Waals surface area contributed by atoms with Crippen LogP contribution in [0.25, 0.3) is 6.08 Å². The number of carbonyl (C=O) groups is 1. The third-order valence-electron chi connectivity index (χ3n) is 4.92. The first-order chi connectivity index (χ1) is 13.2. The van der Waals surface area contributed by atoms with Crippen molar-refractivity contribution in [3.63, 3.8) is 0 Å². The van der Waals surface area contributed by atoms with Crippen LogP contribution in [0.2, 0.25) is 0 Å². The lowest BCUT2D eigenvalue weighted by Crippen LogP contribution is -2.41. The molecular weight excluding hydrogens is 437 g/mol. The number of methoxy groups -OCH3 is 1. The highest BCUT2D eigenvalue weighted by atomic mass is 79.9. The molecule has 6 nitrogen and oxygen atoms in total. The summed E-state index contributed by atoms with van der Waals surface area (Å²) in [6, 6.07) is 5.77. The van der Waals surface area contributed by atoms with E-state index in [0.29, 0.717) is 5.75 Å². The SMILES string of the molecule is COc1cc(C=C(CNC(=O)OC(C)(C)C)B2OC(C)(C)C(C)(C)O2)ccc1Br. The number of hydrogen-bond donors (Lipinski definition) is 1. The van der Waals surface area contributed by atoms with E-state index in [2.05, 4.69) is 21.2 Å². The summed E-state index contributed by atoms with van der Waals surface area (Å²) < 4.78 is 24.0. The normalized spacial score (nSPS) is 18.5. The molecule has 1 N–H and O–H groups in total. The fraction of sp³-hybridized carbons (Fsp3) is 0.571. The van der Waals surface area contributed by atoms with Crippen molar-refractivity contribution in [2.75, 3.05) is 13.7 Å². The summed E-state index contributed by atoms with van der Waals surface area (Å²) in [5.41, 5.74) is 0.136. The largest absolute Gasteiger partial charge is 0.496 e. The topological polar surface area (TPSA) is 66.0 Å². The first-order valence-electron chi connectivity index (χ1n) is 9.60. The first kappa shape index (κ1) is 23.8. The van der Waals surface area contributed by atoms with Gasteiger partial charge in [0, 0.05) is 6.54 Å². The molecule has 1 aromatic carbocycles. The third-order valence-corrected chi connectivity index (χ3v) is 5.57. The van der Waals surface area contributed by atoms with Crippen LogP contribution in [0.1, 0.15) is 54.0 Å². The summed E-state index contributed by atoms with van der Waals surface area (Å²) in [6.45, 7) is 13.7. The number of benzene rings is 1. The summed E-state index contributed by atoms with van der Waals surface area (Å²) >= 11 is 3.46. The van der Waals surface area contributed by atoms with Gasteiger partial charge in [-0.15, -0.1) is 0 Å². The van der Waals surface area contributed by atoms with Crippen LogP contribution < -0.4 is 10.1 Å². The highest BCUT2D eigenvalue weighted by molar-refractivity contribution is 9.10. The first-order valence-corrected chi connectivity index (χ1v) is 10.4. The van der Waals surface area contributed by atoms with Gasteiger partial charge in [0.25, 0.3) is 0 Å². The standard InChI is InChI=1S/C21H31BBrNO5/c1-19(2,3)27-18(25)24-13-15(22-28-20(4,5)21(6,7)29-22)11-14-9-10-16(23)17(12-14)26-8/h9-12H,13H2,1-8H3,(H,24,25). The summed E-state index contributed by atoms with van der Waals surface area (Å²) in [4.78, 5) is 12.2. The fourth-order valence-corrected chi connectivity index (χ4v) is 3.07. The van der Waals surface area contributed by atoms with Crippen molar-refractivity contribution < 1.29 is 23.6 Å². The second-order valence-corrected chi connectivity index (χ2v) is 9.91. The zero-order valence-corrected chi connectivity index (χ0v) is 20.1. The lowest BCUT2D eigenvalue weighted by Gasteiger charge is -2.32. The minimum absolute atomic E-state index is 0.226. The summed E-state index contributed by atoms with van der Waals surface area (Å²) in [7, 11) is 1.02. The molecule has 8 heteroatoms. The molecule has 1 saturated heterocycles. The number of alkyl carbamates (subject to hydrolysis) is 1. The van der Waals surface area contributed by atoms with Crippen LogP contribution in [0.5, 0.6) is 5.75 Å². The Bertz CT molecular complexity index is 770. The molecule has 0 radical (unpaired) electrons. The van der Waals surface area contributed by atoms with E-state index >= 15 is 0 Å². The molecule has 0 bridgehead atoms. The summed E-state index contributed by atoms with van der Waals surface area (Å²) in [5, 5.41) is 2.80. The Morgan fingerprint density at radius 3 is 2.31 bits per heavy atom. The van der Waals surface area contributed by atoms with Crippen molar-refractivity contribution in [2.45, 2.75) is 65.3 Å². The number of halogens is 1. The fourth-order valence-electron chi connectivity index (χ4n) is 2.67. The Hall–Kier alpha value is -1.51. The van der Waals surface area contributed by atoms with Crippen molar-refractivity contribution in [2.24, 2.45) is 0 Å². The van der Waals surface area contributed by atoms with Crippen molar-refractivity contribution in [1.82, 2.24) is 5.32 Å². The highest BCUT2D eigenvalue weighted by Crippen LogP contribution is 2.39.